The molecule has 1 aromatic carbocycles. The Bertz CT molecular complexity index is 1530. The van der Waals surface area contributed by atoms with Gasteiger partial charge in [0, 0.05) is 62.4 Å². The van der Waals surface area contributed by atoms with Gasteiger partial charge in [0.15, 0.2) is 0 Å². The van der Waals surface area contributed by atoms with Gasteiger partial charge in [-0.25, -0.2) is 4.98 Å². The molecule has 0 saturated carbocycles. The Balaban J connectivity index is 1.51. The van der Waals surface area contributed by atoms with Gasteiger partial charge in [0.1, 0.15) is 11.6 Å². The van der Waals surface area contributed by atoms with E-state index in [2.05, 4.69) is 63.1 Å². The fraction of sp³-hybridized carbons (Fsp3) is 0.455. The molecule has 2 fully saturated rings. The van der Waals surface area contributed by atoms with E-state index in [4.69, 9.17) is 4.74 Å². The van der Waals surface area contributed by atoms with Gasteiger partial charge in [-0.3, -0.25) is 14.4 Å². The Hall–Kier alpha value is -4.22. The van der Waals surface area contributed by atoms with E-state index in [0.717, 1.165) is 43.1 Å². The second kappa shape index (κ2) is 13.6. The van der Waals surface area contributed by atoms with Crippen molar-refractivity contribution in [1.29, 1.82) is 0 Å². The monoisotopic (exact) mass is 601 g/mol. The Kier molecular flexibility index (Phi) is 9.65. The average Bonchev–Trinajstić information content (AvgIpc) is 3.01. The van der Waals surface area contributed by atoms with Crippen LogP contribution in [0.2, 0.25) is 0 Å². The van der Waals surface area contributed by atoms with Crippen LogP contribution in [0.5, 0.6) is 0 Å². The first-order valence-electron chi connectivity index (χ1n) is 15.3. The number of hydrogen-bond acceptors (Lipinski definition) is 8. The second-order valence-electron chi connectivity index (χ2n) is 11.8. The van der Waals surface area contributed by atoms with Crippen molar-refractivity contribution in [3.63, 3.8) is 0 Å². The number of aromatic nitrogens is 2. The summed E-state index contributed by atoms with van der Waals surface area (Å²) in [7, 11) is 2.14. The Morgan fingerprint density at radius 1 is 1.14 bits per heavy atom. The van der Waals surface area contributed by atoms with E-state index in [-0.39, 0.29) is 36.0 Å². The van der Waals surface area contributed by atoms with Crippen LogP contribution < -0.4 is 21.1 Å². The Morgan fingerprint density at radius 3 is 2.52 bits per heavy atom. The lowest BCUT2D eigenvalue weighted by Crippen LogP contribution is -2.48. The third kappa shape index (κ3) is 6.95. The number of aryl methyl sites for hydroxylation is 2. The number of ether oxygens (including phenoxy) is 1. The standard InChI is InChI=1S/C33H43N7O4/c1-6-31(41)40(26-9-15-44-16-10-26)27-18-24(28-7-8-30(36-21(28)2)39-13-11-38(5)12-14-39)17-25(19-27)32(42)34-20-29-22(3)35-23(4)37-33(29)43/h6-8,17-19,21,26,36H,1,9-16,20H2,2-5H3,(H,34,42)(H,35,37,43). The normalized spacial score (nSPS) is 19.5. The minimum atomic E-state index is -0.351. The molecule has 3 N–H and O–H groups in total. The van der Waals surface area contributed by atoms with Crippen LogP contribution >= 0.6 is 0 Å². The van der Waals surface area contributed by atoms with Gasteiger partial charge in [-0.1, -0.05) is 12.7 Å². The minimum Gasteiger partial charge on any atom is -0.381 e. The van der Waals surface area contributed by atoms with Crippen LogP contribution in [0.3, 0.4) is 0 Å². The van der Waals surface area contributed by atoms with Gasteiger partial charge in [-0.05, 0) is 82.1 Å². The summed E-state index contributed by atoms with van der Waals surface area (Å²) in [5.41, 5.74) is 3.55. The number of dihydropyridines is 1. The highest BCUT2D eigenvalue weighted by atomic mass is 16.5. The molecule has 0 aliphatic carbocycles. The Labute approximate surface area is 258 Å². The molecule has 0 radical (unpaired) electrons. The van der Waals surface area contributed by atoms with Crippen LogP contribution in [0.15, 0.2) is 53.6 Å². The number of rotatable bonds is 8. The first-order chi connectivity index (χ1) is 21.1. The topological polar surface area (TPSA) is 123 Å². The van der Waals surface area contributed by atoms with Crippen molar-refractivity contribution >= 4 is 23.1 Å². The third-order valence-electron chi connectivity index (χ3n) is 8.62. The van der Waals surface area contributed by atoms with E-state index >= 15 is 0 Å². The van der Waals surface area contributed by atoms with Crippen LogP contribution in [0, 0.1) is 13.8 Å². The maximum atomic E-state index is 13.7. The van der Waals surface area contributed by atoms with Crippen molar-refractivity contribution in [3.8, 4) is 0 Å². The molecule has 234 valence electrons. The molecule has 11 heteroatoms. The highest BCUT2D eigenvalue weighted by Gasteiger charge is 2.29. The van der Waals surface area contributed by atoms with E-state index in [1.807, 2.05) is 12.1 Å². The van der Waals surface area contributed by atoms with E-state index < -0.39 is 0 Å². The van der Waals surface area contributed by atoms with Crippen molar-refractivity contribution in [1.82, 2.24) is 30.4 Å². The number of anilines is 1. The smallest absolute Gasteiger partial charge is 0.256 e. The molecule has 1 atom stereocenters. The molecule has 0 bridgehead atoms. The maximum Gasteiger partial charge on any atom is 0.256 e. The molecule has 3 aliphatic rings. The lowest BCUT2D eigenvalue weighted by Gasteiger charge is -2.38. The number of benzene rings is 1. The number of allylic oxidation sites excluding steroid dienone is 2. The largest absolute Gasteiger partial charge is 0.381 e. The number of H-pyrrole nitrogens is 1. The fourth-order valence-electron chi connectivity index (χ4n) is 6.09. The number of likely N-dealkylation sites (N-methyl/N-ethyl adjacent to an activating group) is 1. The zero-order chi connectivity index (χ0) is 31.4. The summed E-state index contributed by atoms with van der Waals surface area (Å²) in [4.78, 5) is 52.9. The number of hydrogen-bond donors (Lipinski definition) is 3. The van der Waals surface area contributed by atoms with Crippen LogP contribution in [-0.4, -0.2) is 90.1 Å². The number of carbonyl (C=O) groups is 2. The molecule has 2 amide bonds. The van der Waals surface area contributed by atoms with E-state index in [1.165, 1.54) is 6.08 Å². The van der Waals surface area contributed by atoms with Gasteiger partial charge in [0.05, 0.1) is 18.2 Å². The molecule has 2 saturated heterocycles. The van der Waals surface area contributed by atoms with Gasteiger partial charge < -0.3 is 35.1 Å². The third-order valence-corrected chi connectivity index (χ3v) is 8.62. The maximum absolute atomic E-state index is 13.7. The summed E-state index contributed by atoms with van der Waals surface area (Å²) in [5.74, 6) is 1.03. The van der Waals surface area contributed by atoms with Crippen molar-refractivity contribution in [3.05, 3.63) is 87.4 Å². The summed E-state index contributed by atoms with van der Waals surface area (Å²) in [6, 6.07) is 5.45. The summed E-state index contributed by atoms with van der Waals surface area (Å²) >= 11 is 0. The molecule has 3 aliphatic heterocycles. The quantitative estimate of drug-likeness (QED) is 0.395. The molecule has 1 unspecified atom stereocenters. The van der Waals surface area contributed by atoms with Crippen LogP contribution in [0.1, 0.15) is 52.8 Å². The fourth-order valence-corrected chi connectivity index (χ4v) is 6.09. The number of amides is 2. The van der Waals surface area contributed by atoms with Crippen LogP contribution in [0.25, 0.3) is 5.57 Å². The molecule has 44 heavy (non-hydrogen) atoms. The summed E-state index contributed by atoms with van der Waals surface area (Å²) in [6.45, 7) is 14.4. The molecular formula is C33H43N7O4. The first kappa shape index (κ1) is 31.2. The summed E-state index contributed by atoms with van der Waals surface area (Å²) < 4.78 is 5.57. The van der Waals surface area contributed by atoms with Gasteiger partial charge >= 0.3 is 0 Å². The molecule has 5 rings (SSSR count). The van der Waals surface area contributed by atoms with Gasteiger partial charge in [-0.15, -0.1) is 0 Å². The molecular weight excluding hydrogens is 558 g/mol. The zero-order valence-corrected chi connectivity index (χ0v) is 26.1. The number of aromatic amines is 1. The summed E-state index contributed by atoms with van der Waals surface area (Å²) in [5, 5.41) is 6.55. The predicted molar refractivity (Wildman–Crippen MR) is 171 cm³/mol. The zero-order valence-electron chi connectivity index (χ0n) is 26.1. The number of nitrogens with zero attached hydrogens (tertiary/aromatic N) is 4. The molecule has 4 heterocycles. The van der Waals surface area contributed by atoms with Crippen molar-refractivity contribution < 1.29 is 14.3 Å². The van der Waals surface area contributed by atoms with E-state index in [9.17, 15) is 14.4 Å². The highest BCUT2D eigenvalue weighted by molar-refractivity contribution is 6.04. The average molecular weight is 602 g/mol. The molecule has 2 aromatic rings. The predicted octanol–water partition coefficient (Wildman–Crippen LogP) is 2.48. The number of carbonyl (C=O) groups excluding carboxylic acids is 2. The lowest BCUT2D eigenvalue weighted by molar-refractivity contribution is -0.115. The Morgan fingerprint density at radius 2 is 1.86 bits per heavy atom. The van der Waals surface area contributed by atoms with E-state index in [1.54, 1.807) is 24.8 Å². The van der Waals surface area contributed by atoms with Crippen LogP contribution in [0.4, 0.5) is 5.69 Å². The van der Waals surface area contributed by atoms with Gasteiger partial charge in [0.2, 0.25) is 0 Å². The second-order valence-corrected chi connectivity index (χ2v) is 11.8. The molecule has 0 spiro atoms. The molecule has 1 aromatic heterocycles. The molecule has 11 nitrogen and oxygen atoms in total. The summed E-state index contributed by atoms with van der Waals surface area (Å²) in [6.07, 6.45) is 6.88. The SMILES string of the molecule is C=CC(=O)N(c1cc(C(=O)NCc2c(C)nc(C)[nH]c2=O)cc(C2=CC=C(N3CCN(C)CC3)NC2C)c1)C1CCOCC1. The van der Waals surface area contributed by atoms with Crippen molar-refractivity contribution in [2.75, 3.05) is 51.3 Å². The number of piperazine rings is 1. The van der Waals surface area contributed by atoms with Crippen LogP contribution in [-0.2, 0) is 16.1 Å². The minimum absolute atomic E-state index is 0.0277. The van der Waals surface area contributed by atoms with Crippen molar-refractivity contribution in [2.45, 2.75) is 52.2 Å². The lowest BCUT2D eigenvalue weighted by atomic mass is 9.93. The van der Waals surface area contributed by atoms with Gasteiger partial charge in [0.25, 0.3) is 17.4 Å². The van der Waals surface area contributed by atoms with E-state index in [0.29, 0.717) is 54.4 Å². The number of nitrogens with one attached hydrogen (secondary N) is 3. The van der Waals surface area contributed by atoms with Crippen molar-refractivity contribution in [2.24, 2.45) is 0 Å². The first-order valence-corrected chi connectivity index (χ1v) is 15.3. The highest BCUT2D eigenvalue weighted by Crippen LogP contribution is 2.32. The van der Waals surface area contributed by atoms with Gasteiger partial charge in [-0.2, -0.15) is 0 Å².